The average molecular weight is 267 g/mol. The Morgan fingerprint density at radius 1 is 1.10 bits per heavy atom. The lowest BCUT2D eigenvalue weighted by atomic mass is 10.1. The highest BCUT2D eigenvalue weighted by molar-refractivity contribution is 5.66. The van der Waals surface area contributed by atoms with E-state index in [1.807, 2.05) is 12.1 Å². The summed E-state index contributed by atoms with van der Waals surface area (Å²) in [4.78, 5) is 12.1. The summed E-state index contributed by atoms with van der Waals surface area (Å²) in [6.45, 7) is 2.07. The van der Waals surface area contributed by atoms with E-state index in [0.717, 1.165) is 34.8 Å². The highest BCUT2D eigenvalue weighted by atomic mass is 19.1. The molecule has 2 heterocycles. The van der Waals surface area contributed by atoms with E-state index in [0.29, 0.717) is 0 Å². The van der Waals surface area contributed by atoms with Gasteiger partial charge in [0, 0.05) is 29.2 Å². The Morgan fingerprint density at radius 2 is 1.90 bits per heavy atom. The summed E-state index contributed by atoms with van der Waals surface area (Å²) in [5.41, 5.74) is 3.81. The van der Waals surface area contributed by atoms with Gasteiger partial charge in [-0.1, -0.05) is 6.92 Å². The van der Waals surface area contributed by atoms with Crippen molar-refractivity contribution >= 4 is 0 Å². The Morgan fingerprint density at radius 3 is 2.55 bits per heavy atom. The van der Waals surface area contributed by atoms with Gasteiger partial charge in [-0.25, -0.2) is 9.37 Å². The normalized spacial score (nSPS) is 10.7. The standard InChI is InChI=1S/C16H14FN3/c1-2-14-15(12-4-3-9-18-10-12)20-16(19-14)11-5-7-13(17)8-6-11/h3-10H,2H2,1H3,(H,19,20). The molecule has 100 valence electrons. The summed E-state index contributed by atoms with van der Waals surface area (Å²) in [5.74, 6) is 0.504. The Balaban J connectivity index is 2.07. The molecule has 2 aromatic heterocycles. The van der Waals surface area contributed by atoms with Crippen LogP contribution < -0.4 is 0 Å². The first-order valence-corrected chi connectivity index (χ1v) is 6.53. The lowest BCUT2D eigenvalue weighted by molar-refractivity contribution is 0.628. The van der Waals surface area contributed by atoms with Crippen LogP contribution in [0.4, 0.5) is 4.39 Å². The largest absolute Gasteiger partial charge is 0.341 e. The summed E-state index contributed by atoms with van der Waals surface area (Å²) < 4.78 is 13.0. The van der Waals surface area contributed by atoms with Crippen LogP contribution in [0.1, 0.15) is 12.6 Å². The third-order valence-electron chi connectivity index (χ3n) is 3.18. The van der Waals surface area contributed by atoms with Crippen LogP contribution in [-0.2, 0) is 6.42 Å². The van der Waals surface area contributed by atoms with Crippen molar-refractivity contribution in [1.82, 2.24) is 15.0 Å². The van der Waals surface area contributed by atoms with Crippen LogP contribution in [-0.4, -0.2) is 15.0 Å². The van der Waals surface area contributed by atoms with Crippen LogP contribution >= 0.6 is 0 Å². The van der Waals surface area contributed by atoms with Crippen molar-refractivity contribution in [3.8, 4) is 22.6 Å². The zero-order valence-corrected chi connectivity index (χ0v) is 11.1. The second-order valence-electron chi connectivity index (χ2n) is 4.51. The zero-order valence-electron chi connectivity index (χ0n) is 11.1. The molecule has 0 spiro atoms. The number of nitrogens with one attached hydrogen (secondary N) is 1. The number of H-pyrrole nitrogens is 1. The molecule has 3 aromatic rings. The van der Waals surface area contributed by atoms with E-state index in [2.05, 4.69) is 21.9 Å². The molecule has 0 aliphatic heterocycles. The van der Waals surface area contributed by atoms with Crippen LogP contribution in [0.25, 0.3) is 22.6 Å². The molecule has 20 heavy (non-hydrogen) atoms. The predicted octanol–water partition coefficient (Wildman–Crippen LogP) is 3.84. The lowest BCUT2D eigenvalue weighted by Crippen LogP contribution is -1.86. The van der Waals surface area contributed by atoms with Gasteiger partial charge < -0.3 is 4.98 Å². The van der Waals surface area contributed by atoms with Gasteiger partial charge in [-0.3, -0.25) is 4.98 Å². The topological polar surface area (TPSA) is 41.6 Å². The minimum absolute atomic E-state index is 0.247. The third kappa shape index (κ3) is 2.32. The highest BCUT2D eigenvalue weighted by Gasteiger charge is 2.12. The third-order valence-corrected chi connectivity index (χ3v) is 3.18. The van der Waals surface area contributed by atoms with Crippen molar-refractivity contribution in [1.29, 1.82) is 0 Å². The van der Waals surface area contributed by atoms with Gasteiger partial charge in [-0.15, -0.1) is 0 Å². The van der Waals surface area contributed by atoms with E-state index in [1.54, 1.807) is 24.5 Å². The first-order chi connectivity index (χ1) is 9.78. The molecule has 0 aliphatic rings. The molecule has 4 heteroatoms. The number of aromatic nitrogens is 3. The summed E-state index contributed by atoms with van der Waals surface area (Å²) in [6.07, 6.45) is 4.38. The molecule has 0 amide bonds. The molecular weight excluding hydrogens is 253 g/mol. The predicted molar refractivity (Wildman–Crippen MR) is 76.6 cm³/mol. The fourth-order valence-electron chi connectivity index (χ4n) is 2.15. The van der Waals surface area contributed by atoms with Gasteiger partial charge in [0.25, 0.3) is 0 Å². The van der Waals surface area contributed by atoms with Crippen LogP contribution in [0.15, 0.2) is 48.8 Å². The molecule has 1 N–H and O–H groups in total. The van der Waals surface area contributed by atoms with Gasteiger partial charge in [-0.05, 0) is 42.8 Å². The number of benzene rings is 1. The van der Waals surface area contributed by atoms with Crippen molar-refractivity contribution in [3.05, 3.63) is 60.3 Å². The second kappa shape index (κ2) is 5.25. The van der Waals surface area contributed by atoms with Crippen LogP contribution in [0.5, 0.6) is 0 Å². The zero-order chi connectivity index (χ0) is 13.9. The monoisotopic (exact) mass is 267 g/mol. The van der Waals surface area contributed by atoms with Crippen LogP contribution in [0.2, 0.25) is 0 Å². The minimum atomic E-state index is -0.247. The fraction of sp³-hybridized carbons (Fsp3) is 0.125. The molecule has 0 fully saturated rings. The number of aromatic amines is 1. The molecule has 0 unspecified atom stereocenters. The Hall–Kier alpha value is -2.49. The number of nitrogens with zero attached hydrogens (tertiary/aromatic N) is 2. The summed E-state index contributed by atoms with van der Waals surface area (Å²) in [6, 6.07) is 10.2. The van der Waals surface area contributed by atoms with Gasteiger partial charge in [0.1, 0.15) is 11.6 Å². The van der Waals surface area contributed by atoms with Gasteiger partial charge in [0.2, 0.25) is 0 Å². The number of halogens is 1. The lowest BCUT2D eigenvalue weighted by Gasteiger charge is -1.98. The molecule has 3 rings (SSSR count). The SMILES string of the molecule is CCc1[nH]c(-c2ccc(F)cc2)nc1-c1cccnc1. The Kier molecular flexibility index (Phi) is 3.29. The fourth-order valence-corrected chi connectivity index (χ4v) is 2.15. The molecular formula is C16H14FN3. The van der Waals surface area contributed by atoms with Crippen LogP contribution in [0.3, 0.4) is 0 Å². The van der Waals surface area contributed by atoms with Crippen LogP contribution in [0, 0.1) is 5.82 Å². The number of imidazole rings is 1. The van der Waals surface area contributed by atoms with E-state index >= 15 is 0 Å². The summed E-state index contributed by atoms with van der Waals surface area (Å²) in [7, 11) is 0. The van der Waals surface area contributed by atoms with E-state index in [1.165, 1.54) is 12.1 Å². The van der Waals surface area contributed by atoms with Gasteiger partial charge >= 0.3 is 0 Å². The average Bonchev–Trinajstić information content (AvgIpc) is 2.93. The molecule has 0 saturated heterocycles. The van der Waals surface area contributed by atoms with Crippen molar-refractivity contribution in [2.24, 2.45) is 0 Å². The van der Waals surface area contributed by atoms with Crippen molar-refractivity contribution in [2.45, 2.75) is 13.3 Å². The van der Waals surface area contributed by atoms with Crippen molar-refractivity contribution in [2.75, 3.05) is 0 Å². The van der Waals surface area contributed by atoms with E-state index in [9.17, 15) is 4.39 Å². The smallest absolute Gasteiger partial charge is 0.138 e. The molecule has 0 bridgehead atoms. The summed E-state index contributed by atoms with van der Waals surface area (Å²) in [5, 5.41) is 0. The Bertz CT molecular complexity index is 702. The maximum Gasteiger partial charge on any atom is 0.138 e. The Labute approximate surface area is 116 Å². The minimum Gasteiger partial charge on any atom is -0.341 e. The number of aryl methyl sites for hydroxylation is 1. The quantitative estimate of drug-likeness (QED) is 0.783. The highest BCUT2D eigenvalue weighted by Crippen LogP contribution is 2.25. The molecule has 3 nitrogen and oxygen atoms in total. The second-order valence-corrected chi connectivity index (χ2v) is 4.51. The maximum absolute atomic E-state index is 13.0. The van der Waals surface area contributed by atoms with Gasteiger partial charge in [-0.2, -0.15) is 0 Å². The first-order valence-electron chi connectivity index (χ1n) is 6.53. The maximum atomic E-state index is 13.0. The van der Waals surface area contributed by atoms with Crippen molar-refractivity contribution in [3.63, 3.8) is 0 Å². The summed E-state index contributed by atoms with van der Waals surface area (Å²) >= 11 is 0. The van der Waals surface area contributed by atoms with E-state index in [4.69, 9.17) is 0 Å². The molecule has 0 radical (unpaired) electrons. The number of pyridine rings is 1. The van der Waals surface area contributed by atoms with Gasteiger partial charge in [0.15, 0.2) is 0 Å². The molecule has 0 atom stereocenters. The van der Waals surface area contributed by atoms with E-state index in [-0.39, 0.29) is 5.82 Å². The van der Waals surface area contributed by atoms with Gasteiger partial charge in [0.05, 0.1) is 5.69 Å². The van der Waals surface area contributed by atoms with E-state index < -0.39 is 0 Å². The number of rotatable bonds is 3. The number of hydrogen-bond donors (Lipinski definition) is 1. The first kappa shape index (κ1) is 12.5. The molecule has 0 aliphatic carbocycles. The molecule has 1 aromatic carbocycles. The molecule has 0 saturated carbocycles. The number of hydrogen-bond acceptors (Lipinski definition) is 2. The van der Waals surface area contributed by atoms with Crippen molar-refractivity contribution < 1.29 is 4.39 Å².